The fourth-order valence-corrected chi connectivity index (χ4v) is 3.25. The summed E-state index contributed by atoms with van der Waals surface area (Å²) in [6.07, 6.45) is 3.63. The maximum atomic E-state index is 10.5. The number of rotatable bonds is 5. The molecule has 0 unspecified atom stereocenters. The van der Waals surface area contributed by atoms with Gasteiger partial charge in [0.15, 0.2) is 18.9 Å². The normalized spacial score (nSPS) is 11.9. The number of pyridine rings is 1. The number of benzene rings is 1. The highest BCUT2D eigenvalue weighted by atomic mass is 32.3. The molecule has 0 aliphatic heterocycles. The van der Waals surface area contributed by atoms with Gasteiger partial charge in [-0.05, 0) is 12.1 Å². The Morgan fingerprint density at radius 1 is 1.18 bits per heavy atom. The summed E-state index contributed by atoms with van der Waals surface area (Å²) in [5, 5.41) is 0.933. The van der Waals surface area contributed by atoms with E-state index in [1.54, 1.807) is 15.9 Å². The third-order valence-electron chi connectivity index (χ3n) is 3.01. The van der Waals surface area contributed by atoms with Crippen molar-refractivity contribution in [3.8, 4) is 10.6 Å². The van der Waals surface area contributed by atoms with Crippen molar-refractivity contribution < 1.29 is 21.7 Å². The van der Waals surface area contributed by atoms with E-state index >= 15 is 0 Å². The molecule has 0 aliphatic rings. The van der Waals surface area contributed by atoms with Crippen LogP contribution in [-0.2, 0) is 21.1 Å². The van der Waals surface area contributed by atoms with Crippen LogP contribution >= 0.6 is 11.3 Å². The van der Waals surface area contributed by atoms with Gasteiger partial charge in [0.1, 0.15) is 11.6 Å². The second-order valence-corrected chi connectivity index (χ2v) is 6.68. The summed E-state index contributed by atoms with van der Waals surface area (Å²) in [7, 11) is -4.38. The molecule has 0 aliphatic carbocycles. The second-order valence-electron chi connectivity index (χ2n) is 4.56. The fourth-order valence-electron chi connectivity index (χ4n) is 1.99. The lowest BCUT2D eigenvalue weighted by atomic mass is 10.3. The maximum Gasteiger partial charge on any atom is 0.397 e. The minimum absolute atomic E-state index is 0.121. The third kappa shape index (κ3) is 3.66. The zero-order chi connectivity index (χ0) is 15.6. The van der Waals surface area contributed by atoms with E-state index < -0.39 is 10.4 Å². The van der Waals surface area contributed by atoms with Gasteiger partial charge in [0.05, 0.1) is 10.2 Å². The summed E-state index contributed by atoms with van der Waals surface area (Å²) in [5.41, 5.74) is 1.97. The minimum atomic E-state index is -4.38. The van der Waals surface area contributed by atoms with Crippen molar-refractivity contribution in [2.45, 2.75) is 6.54 Å². The van der Waals surface area contributed by atoms with Gasteiger partial charge in [-0.15, -0.1) is 11.3 Å². The van der Waals surface area contributed by atoms with Crippen LogP contribution in [0.2, 0.25) is 0 Å². The first-order valence-corrected chi connectivity index (χ1v) is 8.66. The summed E-state index contributed by atoms with van der Waals surface area (Å²) in [6, 6.07) is 11.8. The molecule has 114 valence electrons. The first-order chi connectivity index (χ1) is 10.5. The minimum Gasteiger partial charge on any atom is -0.264 e. The molecule has 2 heterocycles. The molecule has 8 heteroatoms. The van der Waals surface area contributed by atoms with Crippen molar-refractivity contribution in [1.82, 2.24) is 4.98 Å². The molecule has 0 fully saturated rings. The molecular formula is C14H13N2O4S2+. The predicted octanol–water partition coefficient (Wildman–Crippen LogP) is 2.07. The molecule has 0 saturated heterocycles. The molecule has 6 nitrogen and oxygen atoms in total. The monoisotopic (exact) mass is 337 g/mol. The Kier molecular flexibility index (Phi) is 4.16. The van der Waals surface area contributed by atoms with E-state index in [0.717, 1.165) is 20.8 Å². The first-order valence-electron chi connectivity index (χ1n) is 6.48. The molecule has 1 N–H and O–H groups in total. The van der Waals surface area contributed by atoms with Gasteiger partial charge in [-0.25, -0.2) is 13.7 Å². The summed E-state index contributed by atoms with van der Waals surface area (Å²) >= 11 is 1.62. The van der Waals surface area contributed by atoms with Gasteiger partial charge in [0, 0.05) is 17.7 Å². The highest BCUT2D eigenvalue weighted by Gasteiger charge is 2.10. The van der Waals surface area contributed by atoms with Crippen LogP contribution in [0, 0.1) is 0 Å². The van der Waals surface area contributed by atoms with E-state index in [9.17, 15) is 8.42 Å². The molecule has 0 atom stereocenters. The van der Waals surface area contributed by atoms with E-state index in [-0.39, 0.29) is 6.61 Å². The number of thiazole rings is 1. The topological polar surface area (TPSA) is 80.4 Å². The van der Waals surface area contributed by atoms with Gasteiger partial charge in [-0.3, -0.25) is 4.55 Å². The molecule has 3 rings (SSSR count). The molecule has 2 aromatic heterocycles. The van der Waals surface area contributed by atoms with E-state index in [0.29, 0.717) is 6.54 Å². The summed E-state index contributed by atoms with van der Waals surface area (Å²) in [5.74, 6) is 0. The lowest BCUT2D eigenvalue weighted by molar-refractivity contribution is -0.697. The van der Waals surface area contributed by atoms with Crippen molar-refractivity contribution in [1.29, 1.82) is 0 Å². The number of hydrogen-bond acceptors (Lipinski definition) is 5. The van der Waals surface area contributed by atoms with Gasteiger partial charge in [-0.1, -0.05) is 12.1 Å². The van der Waals surface area contributed by atoms with Crippen LogP contribution < -0.4 is 4.57 Å². The van der Waals surface area contributed by atoms with Crippen LogP contribution in [0.4, 0.5) is 0 Å². The predicted molar refractivity (Wildman–Crippen MR) is 82.8 cm³/mol. The molecule has 22 heavy (non-hydrogen) atoms. The highest BCUT2D eigenvalue weighted by Crippen LogP contribution is 2.29. The third-order valence-corrected chi connectivity index (χ3v) is 4.56. The SMILES string of the molecule is O=S(=O)(O)OCC[n+]1ccc(-c2nc3ccccc3s2)cc1. The average molecular weight is 337 g/mol. The lowest BCUT2D eigenvalue weighted by Gasteiger charge is -1.98. The molecule has 1 aromatic carbocycles. The van der Waals surface area contributed by atoms with E-state index in [1.807, 2.05) is 48.8 Å². The smallest absolute Gasteiger partial charge is 0.264 e. The van der Waals surface area contributed by atoms with Gasteiger partial charge >= 0.3 is 10.4 Å². The van der Waals surface area contributed by atoms with Crippen molar-refractivity contribution >= 4 is 32.0 Å². The fraction of sp³-hybridized carbons (Fsp3) is 0.143. The highest BCUT2D eigenvalue weighted by molar-refractivity contribution is 7.80. The first kappa shape index (κ1) is 15.0. The van der Waals surface area contributed by atoms with Crippen LogP contribution in [-0.4, -0.2) is 24.6 Å². The van der Waals surface area contributed by atoms with Crippen molar-refractivity contribution in [3.63, 3.8) is 0 Å². The Bertz CT molecular complexity index is 856. The van der Waals surface area contributed by atoms with Gasteiger partial charge < -0.3 is 0 Å². The van der Waals surface area contributed by atoms with Crippen LogP contribution in [0.15, 0.2) is 48.8 Å². The van der Waals surface area contributed by atoms with E-state index in [1.165, 1.54) is 0 Å². The molecule has 0 radical (unpaired) electrons. The van der Waals surface area contributed by atoms with Gasteiger partial charge in [-0.2, -0.15) is 8.42 Å². The Morgan fingerprint density at radius 2 is 1.91 bits per heavy atom. The maximum absolute atomic E-state index is 10.5. The van der Waals surface area contributed by atoms with Crippen LogP contribution in [0.25, 0.3) is 20.8 Å². The Morgan fingerprint density at radius 3 is 2.59 bits per heavy atom. The van der Waals surface area contributed by atoms with Crippen molar-refractivity contribution in [3.05, 3.63) is 48.8 Å². The Balaban J connectivity index is 1.73. The summed E-state index contributed by atoms with van der Waals surface area (Å²) < 4.78 is 36.6. The summed E-state index contributed by atoms with van der Waals surface area (Å²) in [6.45, 7) is 0.198. The number of para-hydroxylation sites is 1. The number of nitrogens with zero attached hydrogens (tertiary/aromatic N) is 2. The standard InChI is InChI=1S/C14H12N2O4S2/c17-22(18,19)20-10-9-16-7-5-11(6-8-16)14-15-12-3-1-2-4-13(12)21-14/h1-8H,9-10H2/p+1. The molecular weight excluding hydrogens is 324 g/mol. The van der Waals surface area contributed by atoms with Gasteiger partial charge in [0.25, 0.3) is 0 Å². The molecule has 0 spiro atoms. The van der Waals surface area contributed by atoms with Crippen LogP contribution in [0.3, 0.4) is 0 Å². The molecule has 0 bridgehead atoms. The van der Waals surface area contributed by atoms with Crippen LogP contribution in [0.5, 0.6) is 0 Å². The second kappa shape index (κ2) is 6.09. The Hall–Kier alpha value is -1.87. The number of hydrogen-bond donors (Lipinski definition) is 1. The van der Waals surface area contributed by atoms with Crippen molar-refractivity contribution in [2.24, 2.45) is 0 Å². The van der Waals surface area contributed by atoms with Crippen molar-refractivity contribution in [2.75, 3.05) is 6.61 Å². The quantitative estimate of drug-likeness (QED) is 0.569. The average Bonchev–Trinajstić information content (AvgIpc) is 2.90. The summed E-state index contributed by atoms with van der Waals surface area (Å²) in [4.78, 5) is 4.58. The lowest BCUT2D eigenvalue weighted by Crippen LogP contribution is -2.35. The largest absolute Gasteiger partial charge is 0.397 e. The molecule has 3 aromatic rings. The van der Waals surface area contributed by atoms with Gasteiger partial charge in [0.2, 0.25) is 0 Å². The van der Waals surface area contributed by atoms with Crippen LogP contribution in [0.1, 0.15) is 0 Å². The Labute approximate surface area is 131 Å². The van der Waals surface area contributed by atoms with E-state index in [4.69, 9.17) is 4.55 Å². The molecule has 0 amide bonds. The zero-order valence-electron chi connectivity index (χ0n) is 11.4. The molecule has 0 saturated carbocycles. The number of aromatic nitrogens is 2. The number of fused-ring (bicyclic) bond motifs is 1. The van der Waals surface area contributed by atoms with E-state index in [2.05, 4.69) is 9.17 Å². The zero-order valence-corrected chi connectivity index (χ0v) is 13.0.